The van der Waals surface area contributed by atoms with Gasteiger partial charge in [0.1, 0.15) is 5.78 Å². The zero-order chi connectivity index (χ0) is 12.8. The summed E-state index contributed by atoms with van der Waals surface area (Å²) >= 11 is 0. The van der Waals surface area contributed by atoms with Crippen LogP contribution in [0.3, 0.4) is 0 Å². The lowest BCUT2D eigenvalue weighted by molar-refractivity contribution is -0.121. The number of carbonyl (C=O) groups excluding carboxylic acids is 2. The Morgan fingerprint density at radius 2 is 1.88 bits per heavy atom. The maximum Gasteiger partial charge on any atom is 0.170 e. The molecule has 3 nitrogen and oxygen atoms in total. The molecule has 17 heavy (non-hydrogen) atoms. The van der Waals surface area contributed by atoms with Crippen molar-refractivity contribution in [3.63, 3.8) is 0 Å². The number of nitriles is 1. The molecule has 0 saturated heterocycles. The van der Waals surface area contributed by atoms with E-state index >= 15 is 0 Å². The number of ketones is 2. The Balaban J connectivity index is 2.70. The van der Waals surface area contributed by atoms with Gasteiger partial charge in [0.25, 0.3) is 0 Å². The van der Waals surface area contributed by atoms with E-state index in [0.29, 0.717) is 11.1 Å². The maximum absolute atomic E-state index is 11.8. The molecule has 1 aromatic rings. The van der Waals surface area contributed by atoms with Crippen LogP contribution in [0.2, 0.25) is 0 Å². The van der Waals surface area contributed by atoms with Gasteiger partial charge in [-0.2, -0.15) is 5.26 Å². The second-order valence-electron chi connectivity index (χ2n) is 4.06. The van der Waals surface area contributed by atoms with Crippen molar-refractivity contribution in [1.29, 1.82) is 5.26 Å². The second kappa shape index (κ2) is 5.95. The van der Waals surface area contributed by atoms with Crippen LogP contribution < -0.4 is 0 Å². The van der Waals surface area contributed by atoms with E-state index in [0.717, 1.165) is 6.42 Å². The molecule has 0 spiro atoms. The second-order valence-corrected chi connectivity index (χ2v) is 4.06. The van der Waals surface area contributed by atoms with Crippen molar-refractivity contribution in [1.82, 2.24) is 0 Å². The largest absolute Gasteiger partial charge is 0.299 e. The summed E-state index contributed by atoms with van der Waals surface area (Å²) in [6, 6.07) is 8.33. The lowest BCUT2D eigenvalue weighted by Gasteiger charge is -2.06. The Labute approximate surface area is 101 Å². The van der Waals surface area contributed by atoms with Crippen LogP contribution in [0.5, 0.6) is 0 Å². The molecular formula is C14H15NO2. The smallest absolute Gasteiger partial charge is 0.170 e. The van der Waals surface area contributed by atoms with Gasteiger partial charge in [0.15, 0.2) is 5.78 Å². The van der Waals surface area contributed by atoms with Gasteiger partial charge in [-0.1, -0.05) is 26.0 Å². The van der Waals surface area contributed by atoms with E-state index in [9.17, 15) is 9.59 Å². The Morgan fingerprint density at radius 1 is 1.29 bits per heavy atom. The molecule has 0 bridgehead atoms. The summed E-state index contributed by atoms with van der Waals surface area (Å²) in [6.07, 6.45) is 0.695. The van der Waals surface area contributed by atoms with Crippen LogP contribution in [0.25, 0.3) is 0 Å². The molecule has 1 aromatic carbocycles. The highest BCUT2D eigenvalue weighted by Crippen LogP contribution is 2.11. The molecule has 1 unspecified atom stereocenters. The van der Waals surface area contributed by atoms with Gasteiger partial charge in [0.2, 0.25) is 0 Å². The van der Waals surface area contributed by atoms with Gasteiger partial charge in [0, 0.05) is 11.5 Å². The maximum atomic E-state index is 11.8. The minimum atomic E-state index is -0.181. The third kappa shape index (κ3) is 3.53. The third-order valence-electron chi connectivity index (χ3n) is 2.83. The summed E-state index contributed by atoms with van der Waals surface area (Å²) in [5.41, 5.74) is 0.996. The van der Waals surface area contributed by atoms with Crippen LogP contribution in [0.1, 0.15) is 42.6 Å². The van der Waals surface area contributed by atoms with Gasteiger partial charge in [-0.15, -0.1) is 0 Å². The zero-order valence-electron chi connectivity index (χ0n) is 10.1. The highest BCUT2D eigenvalue weighted by atomic mass is 16.1. The molecule has 0 N–H and O–H groups in total. The Kier molecular flexibility index (Phi) is 4.59. The zero-order valence-corrected chi connectivity index (χ0v) is 10.1. The highest BCUT2D eigenvalue weighted by molar-refractivity contribution is 6.08. The Morgan fingerprint density at radius 3 is 2.35 bits per heavy atom. The number of benzene rings is 1. The fraction of sp³-hybridized carbons (Fsp3) is 0.357. The first kappa shape index (κ1) is 13.1. The summed E-state index contributed by atoms with van der Waals surface area (Å²) in [7, 11) is 0. The fourth-order valence-corrected chi connectivity index (χ4v) is 1.39. The monoisotopic (exact) mass is 229 g/mol. The first-order chi connectivity index (χ1) is 8.08. The molecule has 88 valence electrons. The standard InChI is InChI=1S/C14H15NO2/c1-3-10(2)13(16)8-14(17)12-6-4-11(9-15)5-7-12/h4-7,10H,3,8H2,1-2H3. The van der Waals surface area contributed by atoms with Gasteiger partial charge in [-0.25, -0.2) is 0 Å². The predicted molar refractivity (Wildman–Crippen MR) is 64.6 cm³/mol. The van der Waals surface area contributed by atoms with Crippen LogP contribution >= 0.6 is 0 Å². The summed E-state index contributed by atoms with van der Waals surface area (Å²) in [5.74, 6) is -0.279. The number of Topliss-reactive ketones (excluding diaryl/α,β-unsaturated/α-hetero) is 2. The number of carbonyl (C=O) groups is 2. The molecular weight excluding hydrogens is 214 g/mol. The predicted octanol–water partition coefficient (Wildman–Crippen LogP) is 2.75. The van der Waals surface area contributed by atoms with Crippen LogP contribution in [-0.4, -0.2) is 11.6 Å². The van der Waals surface area contributed by atoms with Crippen LogP contribution in [0, 0.1) is 17.2 Å². The van der Waals surface area contributed by atoms with Crippen molar-refractivity contribution in [2.75, 3.05) is 0 Å². The molecule has 0 saturated carbocycles. The first-order valence-corrected chi connectivity index (χ1v) is 5.64. The topological polar surface area (TPSA) is 57.9 Å². The number of hydrogen-bond donors (Lipinski definition) is 0. The van der Waals surface area contributed by atoms with E-state index in [1.165, 1.54) is 0 Å². The summed E-state index contributed by atoms with van der Waals surface area (Å²) < 4.78 is 0. The van der Waals surface area contributed by atoms with Crippen molar-refractivity contribution in [3.8, 4) is 6.07 Å². The van der Waals surface area contributed by atoms with Gasteiger partial charge < -0.3 is 0 Å². The fourth-order valence-electron chi connectivity index (χ4n) is 1.39. The van der Waals surface area contributed by atoms with E-state index in [-0.39, 0.29) is 23.9 Å². The third-order valence-corrected chi connectivity index (χ3v) is 2.83. The SMILES string of the molecule is CCC(C)C(=O)CC(=O)c1ccc(C#N)cc1. The molecule has 0 fully saturated rings. The van der Waals surface area contributed by atoms with Crippen molar-refractivity contribution >= 4 is 11.6 Å². The van der Waals surface area contributed by atoms with Crippen molar-refractivity contribution in [3.05, 3.63) is 35.4 Å². The van der Waals surface area contributed by atoms with Crippen molar-refractivity contribution < 1.29 is 9.59 Å². The molecule has 3 heteroatoms. The molecule has 1 atom stereocenters. The molecule has 0 amide bonds. The average molecular weight is 229 g/mol. The van der Waals surface area contributed by atoms with Crippen LogP contribution in [0.15, 0.2) is 24.3 Å². The Bertz CT molecular complexity index is 454. The van der Waals surface area contributed by atoms with Gasteiger partial charge in [0.05, 0.1) is 18.1 Å². The number of hydrogen-bond acceptors (Lipinski definition) is 3. The minimum Gasteiger partial charge on any atom is -0.299 e. The molecule has 0 aliphatic heterocycles. The summed E-state index contributed by atoms with van der Waals surface area (Å²) in [5, 5.41) is 8.63. The Hall–Kier alpha value is -1.95. The molecule has 0 aromatic heterocycles. The van der Waals surface area contributed by atoms with Gasteiger partial charge >= 0.3 is 0 Å². The summed E-state index contributed by atoms with van der Waals surface area (Å²) in [4.78, 5) is 23.4. The number of nitrogens with zero attached hydrogens (tertiary/aromatic N) is 1. The van der Waals surface area contributed by atoms with Crippen molar-refractivity contribution in [2.24, 2.45) is 5.92 Å². The lowest BCUT2D eigenvalue weighted by Crippen LogP contribution is -2.15. The van der Waals surface area contributed by atoms with Crippen LogP contribution in [-0.2, 0) is 4.79 Å². The quantitative estimate of drug-likeness (QED) is 0.576. The van der Waals surface area contributed by atoms with E-state index in [1.54, 1.807) is 24.3 Å². The molecule has 1 rings (SSSR count). The first-order valence-electron chi connectivity index (χ1n) is 5.64. The molecule has 0 aliphatic carbocycles. The number of rotatable bonds is 5. The van der Waals surface area contributed by atoms with E-state index in [2.05, 4.69) is 0 Å². The minimum absolute atomic E-state index is 0.0261. The lowest BCUT2D eigenvalue weighted by atomic mass is 9.96. The van der Waals surface area contributed by atoms with Crippen molar-refractivity contribution in [2.45, 2.75) is 26.7 Å². The van der Waals surface area contributed by atoms with E-state index in [4.69, 9.17) is 5.26 Å². The summed E-state index contributed by atoms with van der Waals surface area (Å²) in [6.45, 7) is 3.75. The van der Waals surface area contributed by atoms with Gasteiger partial charge in [-0.05, 0) is 18.6 Å². The average Bonchev–Trinajstić information content (AvgIpc) is 2.37. The highest BCUT2D eigenvalue weighted by Gasteiger charge is 2.16. The van der Waals surface area contributed by atoms with E-state index < -0.39 is 0 Å². The van der Waals surface area contributed by atoms with E-state index in [1.807, 2.05) is 19.9 Å². The van der Waals surface area contributed by atoms with Crippen LogP contribution in [0.4, 0.5) is 0 Å². The van der Waals surface area contributed by atoms with Gasteiger partial charge in [-0.3, -0.25) is 9.59 Å². The molecule has 0 aliphatic rings. The normalized spacial score (nSPS) is 11.6. The molecule has 0 radical (unpaired) electrons. The molecule has 0 heterocycles.